The van der Waals surface area contributed by atoms with Crippen molar-refractivity contribution in [2.24, 2.45) is 5.92 Å². The Morgan fingerprint density at radius 2 is 1.83 bits per heavy atom. The molecule has 2 aromatic rings. The zero-order valence-corrected chi connectivity index (χ0v) is 18.0. The van der Waals surface area contributed by atoms with Gasteiger partial charge in [-0.15, -0.1) is 0 Å². The molecule has 1 aliphatic heterocycles. The Hall–Kier alpha value is -3.09. The molecule has 7 nitrogen and oxygen atoms in total. The van der Waals surface area contributed by atoms with Crippen LogP contribution in [-0.2, 0) is 19.1 Å². The molecular formula is C23H26O7. The second kappa shape index (κ2) is 7.97. The van der Waals surface area contributed by atoms with Crippen LogP contribution in [0.5, 0.6) is 5.75 Å². The molecule has 1 aromatic heterocycles. The summed E-state index contributed by atoms with van der Waals surface area (Å²) in [7, 11) is 0. The van der Waals surface area contributed by atoms with Crippen molar-refractivity contribution in [3.05, 3.63) is 51.9 Å². The van der Waals surface area contributed by atoms with E-state index in [-0.39, 0.29) is 11.5 Å². The van der Waals surface area contributed by atoms with Crippen LogP contribution in [0.2, 0.25) is 0 Å². The summed E-state index contributed by atoms with van der Waals surface area (Å²) in [4.78, 5) is 36.7. The molecule has 0 saturated heterocycles. The summed E-state index contributed by atoms with van der Waals surface area (Å²) < 4.78 is 23.0. The quantitative estimate of drug-likeness (QED) is 0.413. The molecule has 0 saturated carbocycles. The van der Waals surface area contributed by atoms with Gasteiger partial charge in [-0.2, -0.15) is 0 Å². The van der Waals surface area contributed by atoms with E-state index >= 15 is 0 Å². The Morgan fingerprint density at radius 3 is 2.47 bits per heavy atom. The van der Waals surface area contributed by atoms with Crippen LogP contribution in [0, 0.1) is 5.92 Å². The zero-order valence-electron chi connectivity index (χ0n) is 18.0. The van der Waals surface area contributed by atoms with Gasteiger partial charge >= 0.3 is 17.6 Å². The van der Waals surface area contributed by atoms with Gasteiger partial charge in [0.15, 0.2) is 12.2 Å². The molecule has 0 unspecified atom stereocenters. The van der Waals surface area contributed by atoms with Crippen molar-refractivity contribution in [3.63, 3.8) is 0 Å². The van der Waals surface area contributed by atoms with E-state index in [0.29, 0.717) is 22.3 Å². The number of esters is 2. The minimum atomic E-state index is -1.15. The van der Waals surface area contributed by atoms with E-state index in [1.807, 2.05) is 0 Å². The zero-order chi connectivity index (χ0) is 22.2. The van der Waals surface area contributed by atoms with Crippen LogP contribution < -0.4 is 10.4 Å². The molecule has 0 bridgehead atoms. The summed E-state index contributed by atoms with van der Waals surface area (Å²) in [5.41, 5.74) is -0.482. The van der Waals surface area contributed by atoms with E-state index in [2.05, 4.69) is 0 Å². The normalized spacial score (nSPS) is 18.8. The van der Waals surface area contributed by atoms with Crippen molar-refractivity contribution >= 4 is 22.9 Å². The van der Waals surface area contributed by atoms with Gasteiger partial charge < -0.3 is 18.6 Å². The molecule has 0 aliphatic carbocycles. The number of carbonyl (C=O) groups excluding carboxylic acids is 2. The number of hydrogen-bond donors (Lipinski definition) is 0. The molecule has 1 aliphatic rings. The third kappa shape index (κ3) is 3.97. The monoisotopic (exact) mass is 414 g/mol. The van der Waals surface area contributed by atoms with Crippen molar-refractivity contribution in [3.8, 4) is 5.75 Å². The molecule has 0 N–H and O–H groups in total. The Balaban J connectivity index is 2.10. The van der Waals surface area contributed by atoms with E-state index in [9.17, 15) is 14.4 Å². The maximum atomic E-state index is 12.5. The molecule has 0 spiro atoms. The summed E-state index contributed by atoms with van der Waals surface area (Å²) in [6, 6.07) is 6.44. The van der Waals surface area contributed by atoms with Gasteiger partial charge in [0.25, 0.3) is 0 Å². The highest BCUT2D eigenvalue weighted by molar-refractivity contribution is 5.88. The number of benzene rings is 1. The van der Waals surface area contributed by atoms with Crippen LogP contribution in [-0.4, -0.2) is 23.6 Å². The fraction of sp³-hybridized carbons (Fsp3) is 0.435. The van der Waals surface area contributed by atoms with E-state index in [4.69, 9.17) is 18.6 Å². The average molecular weight is 414 g/mol. The highest BCUT2D eigenvalue weighted by atomic mass is 16.6. The molecular weight excluding hydrogens is 388 g/mol. The summed E-state index contributed by atoms with van der Waals surface area (Å²) in [5, 5.41) is 0.669. The number of ether oxygens (including phenoxy) is 3. The van der Waals surface area contributed by atoms with Gasteiger partial charge in [-0.05, 0) is 45.9 Å². The highest BCUT2D eigenvalue weighted by Crippen LogP contribution is 2.47. The number of carbonyl (C=O) groups is 2. The number of rotatable bonds is 5. The molecule has 2 heterocycles. The van der Waals surface area contributed by atoms with Crippen LogP contribution in [0.1, 0.15) is 53.2 Å². The van der Waals surface area contributed by atoms with Gasteiger partial charge in [-0.3, -0.25) is 4.79 Å². The molecule has 160 valence electrons. The van der Waals surface area contributed by atoms with Crippen molar-refractivity contribution < 1.29 is 28.2 Å². The average Bonchev–Trinajstić information content (AvgIpc) is 3.06. The highest BCUT2D eigenvalue weighted by Gasteiger charge is 2.50. The van der Waals surface area contributed by atoms with E-state index in [1.165, 1.54) is 6.07 Å². The van der Waals surface area contributed by atoms with Crippen molar-refractivity contribution in [1.82, 2.24) is 0 Å². The standard InChI is InChI=1S/C23H26O7/c1-7-13(4)22(26)30-23(5,6)20-19(29-21(25)12(2)3)17-15(27-20)10-8-14-9-11-16(24)28-18(14)17/h7-12,19-20H,1-6H3/t19-,20+/m1/s1. The van der Waals surface area contributed by atoms with Crippen molar-refractivity contribution in [2.45, 2.75) is 59.4 Å². The van der Waals surface area contributed by atoms with Crippen LogP contribution >= 0.6 is 0 Å². The van der Waals surface area contributed by atoms with Gasteiger partial charge in [0, 0.05) is 17.0 Å². The fourth-order valence-corrected chi connectivity index (χ4v) is 3.24. The smallest absolute Gasteiger partial charge is 0.336 e. The SMILES string of the molecule is CC=C(C)C(=O)OC(C)(C)[C@H]1Oc2ccc3ccc(=O)oc3c2[C@H]1OC(=O)C(C)C. The molecule has 2 atom stereocenters. The van der Waals surface area contributed by atoms with Crippen LogP contribution in [0.25, 0.3) is 11.0 Å². The first-order chi connectivity index (χ1) is 14.0. The summed E-state index contributed by atoms with van der Waals surface area (Å²) in [6.07, 6.45) is -0.0982. The number of hydrogen-bond acceptors (Lipinski definition) is 7. The summed E-state index contributed by atoms with van der Waals surface area (Å²) >= 11 is 0. The van der Waals surface area contributed by atoms with Crippen LogP contribution in [0.4, 0.5) is 0 Å². The second-order valence-corrected chi connectivity index (χ2v) is 8.17. The lowest BCUT2D eigenvalue weighted by Crippen LogP contribution is -2.47. The van der Waals surface area contributed by atoms with E-state index in [1.54, 1.807) is 65.8 Å². The molecule has 3 rings (SSSR count). The van der Waals surface area contributed by atoms with Gasteiger partial charge in [-0.25, -0.2) is 9.59 Å². The Morgan fingerprint density at radius 1 is 1.17 bits per heavy atom. The lowest BCUT2D eigenvalue weighted by molar-refractivity contribution is -0.176. The van der Waals surface area contributed by atoms with Crippen molar-refractivity contribution in [2.75, 3.05) is 0 Å². The Labute approximate surface area is 174 Å². The molecule has 0 amide bonds. The largest absolute Gasteiger partial charge is 0.481 e. The van der Waals surface area contributed by atoms with Crippen LogP contribution in [0.3, 0.4) is 0 Å². The lowest BCUT2D eigenvalue weighted by atomic mass is 9.93. The minimum Gasteiger partial charge on any atom is -0.481 e. The van der Waals surface area contributed by atoms with Crippen molar-refractivity contribution in [1.29, 1.82) is 0 Å². The predicted octanol–water partition coefficient (Wildman–Crippen LogP) is 4.08. The van der Waals surface area contributed by atoms with E-state index < -0.39 is 35.4 Å². The Bertz CT molecular complexity index is 1070. The Kier molecular flexibility index (Phi) is 5.74. The molecule has 7 heteroatoms. The first-order valence-electron chi connectivity index (χ1n) is 9.85. The molecule has 30 heavy (non-hydrogen) atoms. The summed E-state index contributed by atoms with van der Waals surface area (Å²) in [6.45, 7) is 10.2. The number of allylic oxidation sites excluding steroid dienone is 1. The van der Waals surface area contributed by atoms with Gasteiger partial charge in [-0.1, -0.05) is 19.9 Å². The maximum absolute atomic E-state index is 12.5. The lowest BCUT2D eigenvalue weighted by Gasteiger charge is -2.34. The van der Waals surface area contributed by atoms with Gasteiger partial charge in [0.05, 0.1) is 11.5 Å². The van der Waals surface area contributed by atoms with Crippen LogP contribution in [0.15, 0.2) is 45.1 Å². The van der Waals surface area contributed by atoms with E-state index in [0.717, 1.165) is 0 Å². The summed E-state index contributed by atoms with van der Waals surface area (Å²) in [5.74, 6) is -0.904. The third-order valence-corrected chi connectivity index (χ3v) is 5.11. The molecule has 0 fully saturated rings. The van der Waals surface area contributed by atoms with Gasteiger partial charge in [0.1, 0.15) is 16.9 Å². The predicted molar refractivity (Wildman–Crippen MR) is 110 cm³/mol. The molecule has 1 aromatic carbocycles. The fourth-order valence-electron chi connectivity index (χ4n) is 3.24. The topological polar surface area (TPSA) is 92.0 Å². The van der Waals surface area contributed by atoms with Gasteiger partial charge in [0.2, 0.25) is 0 Å². The molecule has 0 radical (unpaired) electrons. The second-order valence-electron chi connectivity index (χ2n) is 8.17. The maximum Gasteiger partial charge on any atom is 0.336 e. The minimum absolute atomic E-state index is 0.288. The third-order valence-electron chi connectivity index (χ3n) is 5.11. The first-order valence-corrected chi connectivity index (χ1v) is 9.85. The number of fused-ring (bicyclic) bond motifs is 3. The first kappa shape index (κ1) is 21.6.